The van der Waals surface area contributed by atoms with E-state index in [1.54, 1.807) is 0 Å². The maximum atomic E-state index is 3.47. The highest BCUT2D eigenvalue weighted by molar-refractivity contribution is 4.56. The average molecular weight is 298 g/mol. The quantitative estimate of drug-likeness (QED) is 0.382. The monoisotopic (exact) mass is 297 g/mol. The summed E-state index contributed by atoms with van der Waals surface area (Å²) in [6, 6.07) is 0. The third-order valence-corrected chi connectivity index (χ3v) is 5.21. The van der Waals surface area contributed by atoms with Crippen LogP contribution in [0.2, 0.25) is 0 Å². The van der Waals surface area contributed by atoms with Crippen molar-refractivity contribution in [3.05, 3.63) is 0 Å². The molecule has 1 aliphatic heterocycles. The van der Waals surface area contributed by atoms with Crippen LogP contribution in [0.4, 0.5) is 0 Å². The number of nitrogens with one attached hydrogen (secondary N) is 1. The van der Waals surface area contributed by atoms with Crippen LogP contribution in [0.1, 0.15) is 84.0 Å². The summed E-state index contributed by atoms with van der Waals surface area (Å²) >= 11 is 0. The summed E-state index contributed by atoms with van der Waals surface area (Å²) in [6.07, 6.45) is 17.5. The first-order valence-corrected chi connectivity index (χ1v) is 9.81. The fraction of sp³-hybridized carbons (Fsp3) is 1.00. The van der Waals surface area contributed by atoms with Crippen LogP contribution < -0.4 is 5.32 Å². The van der Waals surface area contributed by atoms with Crippen molar-refractivity contribution in [2.24, 2.45) is 0 Å². The van der Waals surface area contributed by atoms with Gasteiger partial charge in [0.15, 0.2) is 0 Å². The molecule has 1 heterocycles. The largest absolute Gasteiger partial charge is 0.324 e. The molecule has 0 spiro atoms. The second kappa shape index (κ2) is 12.5. The van der Waals surface area contributed by atoms with Gasteiger partial charge in [-0.05, 0) is 12.8 Å². The molecular weight excluding hydrogens is 256 g/mol. The Balaban J connectivity index is 1.78. The molecule has 0 amide bonds. The fourth-order valence-electron chi connectivity index (χ4n) is 3.49. The highest BCUT2D eigenvalue weighted by Gasteiger charge is 2.23. The molecule has 1 rings (SSSR count). The van der Waals surface area contributed by atoms with Crippen LogP contribution in [0.15, 0.2) is 0 Å². The summed E-state index contributed by atoms with van der Waals surface area (Å²) in [7, 11) is 2.44. The number of likely N-dealkylation sites (N-methyl/N-ethyl adjacent to an activating group) is 1. The summed E-state index contributed by atoms with van der Waals surface area (Å²) < 4.78 is 1.31. The zero-order valence-corrected chi connectivity index (χ0v) is 15.0. The van der Waals surface area contributed by atoms with Crippen LogP contribution in [0.25, 0.3) is 0 Å². The van der Waals surface area contributed by atoms with Gasteiger partial charge in [0, 0.05) is 13.1 Å². The van der Waals surface area contributed by atoms with Crippen LogP contribution in [-0.2, 0) is 0 Å². The van der Waals surface area contributed by atoms with Crippen molar-refractivity contribution < 1.29 is 4.48 Å². The molecule has 2 nitrogen and oxygen atoms in total. The Hall–Kier alpha value is -0.0800. The summed E-state index contributed by atoms with van der Waals surface area (Å²) in [5.74, 6) is 0. The van der Waals surface area contributed by atoms with Crippen LogP contribution >= 0.6 is 0 Å². The molecule has 0 unspecified atom stereocenters. The lowest BCUT2D eigenvalue weighted by Gasteiger charge is -2.38. The number of hydrogen-bond acceptors (Lipinski definition) is 1. The van der Waals surface area contributed by atoms with Gasteiger partial charge in [-0.1, -0.05) is 71.1 Å². The molecule has 0 atom stereocenters. The van der Waals surface area contributed by atoms with E-state index < -0.39 is 0 Å². The summed E-state index contributed by atoms with van der Waals surface area (Å²) in [6.45, 7) is 8.79. The van der Waals surface area contributed by atoms with Gasteiger partial charge in [0.2, 0.25) is 0 Å². The Morgan fingerprint density at radius 2 is 1.10 bits per heavy atom. The van der Waals surface area contributed by atoms with E-state index >= 15 is 0 Å². The van der Waals surface area contributed by atoms with Crippen molar-refractivity contribution in [3.8, 4) is 0 Å². The molecular formula is C19H41N2+. The minimum atomic E-state index is 1.22. The predicted molar refractivity (Wildman–Crippen MR) is 94.7 cm³/mol. The molecule has 1 N–H and O–H groups in total. The molecule has 2 heteroatoms. The van der Waals surface area contributed by atoms with Crippen molar-refractivity contribution in [1.82, 2.24) is 5.32 Å². The summed E-state index contributed by atoms with van der Waals surface area (Å²) in [5.41, 5.74) is 0. The van der Waals surface area contributed by atoms with E-state index in [0.717, 1.165) is 0 Å². The highest BCUT2D eigenvalue weighted by Crippen LogP contribution is 2.13. The second-order valence-corrected chi connectivity index (χ2v) is 7.43. The maximum absolute atomic E-state index is 3.47. The van der Waals surface area contributed by atoms with Gasteiger partial charge in [0.25, 0.3) is 0 Å². The van der Waals surface area contributed by atoms with Gasteiger partial charge in [-0.15, -0.1) is 0 Å². The number of nitrogens with zero attached hydrogens (tertiary/aromatic N) is 1. The number of unbranched alkanes of at least 4 members (excludes halogenated alkanes) is 11. The molecule has 0 saturated carbocycles. The molecule has 126 valence electrons. The van der Waals surface area contributed by atoms with Crippen molar-refractivity contribution >= 4 is 0 Å². The molecule has 0 aromatic rings. The third-order valence-electron chi connectivity index (χ3n) is 5.21. The minimum absolute atomic E-state index is 1.22. The lowest BCUT2D eigenvalue weighted by Crippen LogP contribution is -2.56. The molecule has 21 heavy (non-hydrogen) atoms. The van der Waals surface area contributed by atoms with Crippen molar-refractivity contribution in [3.63, 3.8) is 0 Å². The average Bonchev–Trinajstić information content (AvgIpc) is 2.49. The first kappa shape index (κ1) is 19.0. The standard InChI is InChI=1S/C19H41N2/c1-3-4-5-6-7-8-9-10-11-12-13-14-17-21(2)18-15-20-16-19-21/h20H,3-19H2,1-2H3/q+1. The first-order valence-electron chi connectivity index (χ1n) is 9.81. The van der Waals surface area contributed by atoms with Crippen LogP contribution in [0.3, 0.4) is 0 Å². The molecule has 1 aliphatic rings. The second-order valence-electron chi connectivity index (χ2n) is 7.43. The van der Waals surface area contributed by atoms with E-state index in [1.165, 1.54) is 114 Å². The van der Waals surface area contributed by atoms with Gasteiger partial charge >= 0.3 is 0 Å². The Kier molecular flexibility index (Phi) is 11.3. The fourth-order valence-corrected chi connectivity index (χ4v) is 3.49. The molecule has 1 saturated heterocycles. The molecule has 0 aliphatic carbocycles. The van der Waals surface area contributed by atoms with E-state index in [4.69, 9.17) is 0 Å². The first-order chi connectivity index (χ1) is 10.3. The highest BCUT2D eigenvalue weighted by atomic mass is 15.4. The lowest BCUT2D eigenvalue weighted by molar-refractivity contribution is -0.911. The topological polar surface area (TPSA) is 12.0 Å². The van der Waals surface area contributed by atoms with Gasteiger partial charge in [-0.3, -0.25) is 0 Å². The van der Waals surface area contributed by atoms with Crippen molar-refractivity contribution in [1.29, 1.82) is 0 Å². The Labute approximate surface area is 134 Å². The zero-order chi connectivity index (χ0) is 15.2. The van der Waals surface area contributed by atoms with Crippen LogP contribution in [0, 0.1) is 0 Å². The summed E-state index contributed by atoms with van der Waals surface area (Å²) in [5, 5.41) is 3.47. The van der Waals surface area contributed by atoms with E-state index in [9.17, 15) is 0 Å². The molecule has 0 aromatic carbocycles. The van der Waals surface area contributed by atoms with E-state index in [0.29, 0.717) is 0 Å². The van der Waals surface area contributed by atoms with E-state index in [-0.39, 0.29) is 0 Å². The number of hydrogen-bond donors (Lipinski definition) is 1. The Morgan fingerprint density at radius 3 is 1.57 bits per heavy atom. The predicted octanol–water partition coefficient (Wildman–Crippen LogP) is 4.74. The van der Waals surface area contributed by atoms with Crippen molar-refractivity contribution in [2.75, 3.05) is 39.8 Å². The number of piperazine rings is 1. The van der Waals surface area contributed by atoms with E-state index in [1.807, 2.05) is 0 Å². The number of rotatable bonds is 13. The Morgan fingerprint density at radius 1 is 0.667 bits per heavy atom. The lowest BCUT2D eigenvalue weighted by atomic mass is 10.0. The Bertz CT molecular complexity index is 222. The normalized spacial score (nSPS) is 18.0. The zero-order valence-electron chi connectivity index (χ0n) is 15.0. The third kappa shape index (κ3) is 10.3. The van der Waals surface area contributed by atoms with Crippen LogP contribution in [0.5, 0.6) is 0 Å². The molecule has 0 bridgehead atoms. The van der Waals surface area contributed by atoms with Gasteiger partial charge in [0.05, 0.1) is 26.7 Å². The SMILES string of the molecule is CCCCCCCCCCCCCC[N+]1(C)CCNCC1. The molecule has 0 radical (unpaired) electrons. The van der Waals surface area contributed by atoms with Gasteiger partial charge in [-0.2, -0.15) is 0 Å². The van der Waals surface area contributed by atoms with Gasteiger partial charge < -0.3 is 9.80 Å². The molecule has 1 fully saturated rings. The van der Waals surface area contributed by atoms with Gasteiger partial charge in [-0.25, -0.2) is 0 Å². The number of quaternary nitrogens is 1. The van der Waals surface area contributed by atoms with Crippen molar-refractivity contribution in [2.45, 2.75) is 84.0 Å². The van der Waals surface area contributed by atoms with E-state index in [2.05, 4.69) is 19.3 Å². The smallest absolute Gasteiger partial charge is 0.0911 e. The maximum Gasteiger partial charge on any atom is 0.0911 e. The minimum Gasteiger partial charge on any atom is -0.324 e. The van der Waals surface area contributed by atoms with Crippen LogP contribution in [-0.4, -0.2) is 44.3 Å². The molecule has 0 aromatic heterocycles. The van der Waals surface area contributed by atoms with Gasteiger partial charge in [0.1, 0.15) is 0 Å². The summed E-state index contributed by atoms with van der Waals surface area (Å²) in [4.78, 5) is 0.